The van der Waals surface area contributed by atoms with Crippen molar-refractivity contribution >= 4 is 76.1 Å². The van der Waals surface area contributed by atoms with Crippen molar-refractivity contribution in [2.45, 2.75) is 164 Å². The summed E-state index contributed by atoms with van der Waals surface area (Å²) < 4.78 is 11.8. The zero-order valence-corrected chi connectivity index (χ0v) is 57.0. The standard InChI is InChI=1S/C79H83N4OS.Pt/c1-48-35-67-71(73-70(48)61-27-20-23-30-68(61)85-73)60-32-31-59(46-66(60)83(67)69-44-51(33-34-80-69)74(2,3)4)84-58-26-24-25-57(45-58)81-47-82(65-29-22-21-28-64(65)81)72-62(49-36-52(75(5,6)7)40-53(37-49)76(8,9)10)42-56(79(17,18)19)43-63(72)50-38-54(77(11,12)13)41-55(39-50)78(14,15)16;/h20-44,47H,1-19H3;/q-3;. The molecule has 5 nitrogen and oxygen atoms in total. The van der Waals surface area contributed by atoms with Gasteiger partial charge in [-0.15, -0.1) is 59.4 Å². The minimum atomic E-state index is -0.156. The molecule has 0 bridgehead atoms. The minimum absolute atomic E-state index is 0. The third-order valence-electron chi connectivity index (χ3n) is 17.3. The number of thiophene rings is 1. The van der Waals surface area contributed by atoms with Crippen molar-refractivity contribution in [1.29, 1.82) is 0 Å². The van der Waals surface area contributed by atoms with E-state index in [2.05, 4.69) is 304 Å². The van der Waals surface area contributed by atoms with Crippen LogP contribution in [0, 0.1) is 25.7 Å². The molecule has 7 heteroatoms. The van der Waals surface area contributed by atoms with Crippen molar-refractivity contribution in [1.82, 2.24) is 9.55 Å². The summed E-state index contributed by atoms with van der Waals surface area (Å²) in [4.78, 5) is 9.80. The Bertz CT molecular complexity index is 4300. The molecule has 8 aromatic carbocycles. The number of aryl methyl sites for hydroxylation is 1. The number of fused-ring (bicyclic) bond motifs is 8. The predicted octanol–water partition coefficient (Wildman–Crippen LogP) is 22.8. The third kappa shape index (κ3) is 11.1. The van der Waals surface area contributed by atoms with E-state index in [0.29, 0.717) is 11.5 Å². The second kappa shape index (κ2) is 21.4. The van der Waals surface area contributed by atoms with E-state index in [9.17, 15) is 0 Å². The fraction of sp³-hybridized carbons (Fsp3) is 0.316. The number of anilines is 4. The van der Waals surface area contributed by atoms with Gasteiger partial charge in [-0.3, -0.25) is 0 Å². The molecule has 0 saturated carbocycles. The molecule has 86 heavy (non-hydrogen) atoms. The summed E-state index contributed by atoms with van der Waals surface area (Å²) in [6, 6.07) is 62.0. The Hall–Kier alpha value is -6.98. The number of aromatic nitrogens is 2. The molecule has 0 spiro atoms. The van der Waals surface area contributed by atoms with E-state index in [1.54, 1.807) is 0 Å². The molecular weight excluding hydrogens is 1250 g/mol. The number of para-hydroxylation sites is 2. The molecule has 444 valence electrons. The average Bonchev–Trinajstić information content (AvgIpc) is 1.57. The molecule has 0 saturated heterocycles. The van der Waals surface area contributed by atoms with Gasteiger partial charge >= 0.3 is 0 Å². The Morgan fingerprint density at radius 1 is 0.465 bits per heavy atom. The summed E-state index contributed by atoms with van der Waals surface area (Å²) in [6.07, 6.45) is 1.94. The van der Waals surface area contributed by atoms with Crippen LogP contribution in [0.2, 0.25) is 0 Å². The van der Waals surface area contributed by atoms with Crippen molar-refractivity contribution in [2.24, 2.45) is 0 Å². The number of pyridine rings is 1. The molecule has 1 aliphatic heterocycles. The Morgan fingerprint density at radius 3 is 1.53 bits per heavy atom. The first kappa shape index (κ1) is 60.7. The molecular formula is C79H83N4OPtS-3. The maximum Gasteiger partial charge on any atom is 0.135 e. The number of hydrogen-bond acceptors (Lipinski definition) is 5. The summed E-state index contributed by atoms with van der Waals surface area (Å²) in [5.41, 5.74) is 19.4. The largest absolute Gasteiger partial charge is 0.509 e. The number of hydrogen-bond donors (Lipinski definition) is 0. The third-order valence-corrected chi connectivity index (χ3v) is 18.5. The van der Waals surface area contributed by atoms with Crippen LogP contribution < -0.4 is 14.5 Å². The van der Waals surface area contributed by atoms with E-state index in [0.717, 1.165) is 45.0 Å². The summed E-state index contributed by atoms with van der Waals surface area (Å²) in [5, 5.41) is 4.90. The molecule has 0 N–H and O–H groups in total. The van der Waals surface area contributed by atoms with Crippen LogP contribution in [0.1, 0.15) is 164 Å². The molecule has 0 fully saturated rings. The van der Waals surface area contributed by atoms with Gasteiger partial charge in [-0.2, -0.15) is 12.1 Å². The molecule has 0 unspecified atom stereocenters. The Kier molecular flexibility index (Phi) is 15.1. The summed E-state index contributed by atoms with van der Waals surface area (Å²) in [6.45, 7) is 46.4. The van der Waals surface area contributed by atoms with Crippen molar-refractivity contribution < 1.29 is 25.8 Å². The van der Waals surface area contributed by atoms with Gasteiger partial charge in [-0.25, -0.2) is 4.98 Å². The molecule has 12 rings (SSSR count). The molecule has 0 radical (unpaired) electrons. The fourth-order valence-corrected chi connectivity index (χ4v) is 13.4. The van der Waals surface area contributed by atoms with Crippen molar-refractivity contribution in [2.75, 3.05) is 9.80 Å². The van der Waals surface area contributed by atoms with E-state index < -0.39 is 0 Å². The maximum atomic E-state index is 6.97. The fourth-order valence-electron chi connectivity index (χ4n) is 12.1. The van der Waals surface area contributed by atoms with Crippen LogP contribution in [0.25, 0.3) is 70.0 Å². The van der Waals surface area contributed by atoms with Crippen LogP contribution in [-0.4, -0.2) is 9.55 Å². The molecule has 3 aromatic heterocycles. The predicted molar refractivity (Wildman–Crippen MR) is 365 cm³/mol. The zero-order chi connectivity index (χ0) is 60.7. The molecule has 0 amide bonds. The van der Waals surface area contributed by atoms with Gasteiger partial charge in [0.2, 0.25) is 0 Å². The van der Waals surface area contributed by atoms with Gasteiger partial charge in [-0.1, -0.05) is 197 Å². The van der Waals surface area contributed by atoms with Crippen LogP contribution in [0.5, 0.6) is 11.5 Å². The van der Waals surface area contributed by atoms with Crippen LogP contribution in [0.3, 0.4) is 0 Å². The molecule has 4 heterocycles. The smallest absolute Gasteiger partial charge is 0.135 e. The van der Waals surface area contributed by atoms with Crippen molar-refractivity contribution in [3.05, 3.63) is 210 Å². The summed E-state index contributed by atoms with van der Waals surface area (Å²) in [7, 11) is 0. The average molecular weight is 1330 g/mol. The Labute approximate surface area is 530 Å². The van der Waals surface area contributed by atoms with E-state index in [-0.39, 0.29) is 53.6 Å². The molecule has 0 atom stereocenters. The first-order valence-corrected chi connectivity index (χ1v) is 31.2. The topological polar surface area (TPSA) is 33.5 Å². The Morgan fingerprint density at radius 2 is 0.977 bits per heavy atom. The number of ether oxygens (including phenoxy) is 1. The van der Waals surface area contributed by atoms with Crippen LogP contribution >= 0.6 is 11.3 Å². The normalized spacial score (nSPS) is 13.6. The molecule has 1 aliphatic rings. The SMILES string of the molecule is Cc1cc2c(c3ccc(Oc4[c-]c(N5[CH-]N(c6c(-c7cc(C(C)(C)C)cc(C(C)(C)C)c7)cc(C(C)(C)C)cc6-c6cc(C(C)(C)C)cc(C(C)(C)C)c6)c6ccccc65)ccc4)[c-]c3n2-c2cc(C(C)(C)C)ccn2)c2sc3ccccc3c12.[Pt]. The van der Waals surface area contributed by atoms with Gasteiger partial charge in [0.25, 0.3) is 0 Å². The van der Waals surface area contributed by atoms with E-state index in [1.807, 2.05) is 23.6 Å². The number of rotatable bonds is 7. The zero-order valence-electron chi connectivity index (χ0n) is 53.9. The monoisotopic (exact) mass is 1330 g/mol. The second-order valence-corrected chi connectivity index (χ2v) is 31.1. The Balaban J connectivity index is 0.00000768. The number of nitrogens with zero attached hydrogens (tertiary/aromatic N) is 4. The maximum absolute atomic E-state index is 6.97. The summed E-state index contributed by atoms with van der Waals surface area (Å²) >= 11 is 1.86. The van der Waals surface area contributed by atoms with E-state index in [4.69, 9.17) is 9.72 Å². The minimum Gasteiger partial charge on any atom is -0.509 e. The summed E-state index contributed by atoms with van der Waals surface area (Å²) in [5.74, 6) is 2.05. The van der Waals surface area contributed by atoms with Gasteiger partial charge in [0.1, 0.15) is 5.82 Å². The first-order valence-electron chi connectivity index (χ1n) is 30.3. The quantitative estimate of drug-likeness (QED) is 0.149. The van der Waals surface area contributed by atoms with Gasteiger partial charge in [-0.05, 0) is 143 Å². The first-order chi connectivity index (χ1) is 39.8. The van der Waals surface area contributed by atoms with Crippen LogP contribution in [-0.2, 0) is 53.6 Å². The van der Waals surface area contributed by atoms with Crippen LogP contribution in [0.4, 0.5) is 22.7 Å². The van der Waals surface area contributed by atoms with Crippen LogP contribution in [0.15, 0.2) is 152 Å². The van der Waals surface area contributed by atoms with E-state index in [1.165, 1.54) is 86.8 Å². The van der Waals surface area contributed by atoms with E-state index >= 15 is 0 Å². The molecule has 0 aliphatic carbocycles. The van der Waals surface area contributed by atoms with Crippen molar-refractivity contribution in [3.8, 4) is 39.6 Å². The molecule has 11 aromatic rings. The number of benzene rings is 8. The van der Waals surface area contributed by atoms with Gasteiger partial charge in [0, 0.05) is 92.6 Å². The second-order valence-electron chi connectivity index (χ2n) is 30.1. The van der Waals surface area contributed by atoms with Gasteiger partial charge < -0.3 is 19.1 Å². The van der Waals surface area contributed by atoms with Gasteiger partial charge in [0.15, 0.2) is 0 Å². The van der Waals surface area contributed by atoms with Crippen molar-refractivity contribution in [3.63, 3.8) is 0 Å². The van der Waals surface area contributed by atoms with Gasteiger partial charge in [0.05, 0.1) is 0 Å².